The highest BCUT2D eigenvalue weighted by molar-refractivity contribution is 7.99. The van der Waals surface area contributed by atoms with E-state index in [0.717, 1.165) is 11.8 Å². The number of imide groups is 1. The Morgan fingerprint density at radius 3 is 2.83 bits per heavy atom. The Morgan fingerprint density at radius 2 is 2.22 bits per heavy atom. The molecule has 0 spiro atoms. The molecule has 0 aliphatic heterocycles. The molecule has 0 aliphatic carbocycles. The summed E-state index contributed by atoms with van der Waals surface area (Å²) in [5.41, 5.74) is 5.71. The monoisotopic (exact) mass is 339 g/mol. The molecule has 0 bridgehead atoms. The summed E-state index contributed by atoms with van der Waals surface area (Å²) in [6.07, 6.45) is 2.72. The number of ether oxygens (including phenoxy) is 1. The second-order valence-corrected chi connectivity index (χ2v) is 4.95. The van der Waals surface area contributed by atoms with Crippen LogP contribution in [0.4, 0.5) is 10.6 Å². The van der Waals surface area contributed by atoms with Crippen LogP contribution in [0.1, 0.15) is 17.3 Å². The number of esters is 1. The van der Waals surface area contributed by atoms with Gasteiger partial charge in [-0.1, -0.05) is 17.8 Å². The van der Waals surface area contributed by atoms with Crippen molar-refractivity contribution in [1.29, 1.82) is 0 Å². The third kappa shape index (κ3) is 6.34. The Hall–Kier alpha value is -2.62. The number of anilines is 1. The molecule has 10 heteroatoms. The minimum absolute atomic E-state index is 0.0370. The number of nitrogens with two attached hydrogens (primary N) is 1. The molecule has 0 saturated carbocycles. The smallest absolute Gasteiger partial charge is 0.343 e. The molecule has 4 N–H and O–H groups in total. The number of nitrogens with one attached hydrogen (secondary N) is 2. The number of nitrogens with zero attached hydrogens (tertiary/aromatic N) is 2. The predicted molar refractivity (Wildman–Crippen MR) is 84.9 cm³/mol. The first kappa shape index (κ1) is 18.4. The topological polar surface area (TPSA) is 136 Å². The summed E-state index contributed by atoms with van der Waals surface area (Å²) in [6, 6.07) is -0.617. The first-order valence-electron chi connectivity index (χ1n) is 6.59. The number of urea groups is 1. The maximum atomic E-state index is 11.6. The van der Waals surface area contributed by atoms with Gasteiger partial charge >= 0.3 is 12.0 Å². The van der Waals surface area contributed by atoms with Crippen LogP contribution >= 0.6 is 11.8 Å². The Labute approximate surface area is 137 Å². The Bertz CT molecular complexity index is 608. The van der Waals surface area contributed by atoms with Crippen LogP contribution in [0, 0.1) is 0 Å². The summed E-state index contributed by atoms with van der Waals surface area (Å²) in [5.74, 6) is -1.25. The fourth-order valence-corrected chi connectivity index (χ4v) is 1.94. The maximum absolute atomic E-state index is 11.6. The molecule has 0 radical (unpaired) electrons. The molecule has 0 aliphatic rings. The van der Waals surface area contributed by atoms with E-state index in [9.17, 15) is 14.4 Å². The van der Waals surface area contributed by atoms with Gasteiger partial charge in [0.1, 0.15) is 11.4 Å². The van der Waals surface area contributed by atoms with Crippen LogP contribution < -0.4 is 16.4 Å². The van der Waals surface area contributed by atoms with E-state index in [0.29, 0.717) is 0 Å². The second-order valence-electron chi connectivity index (χ2n) is 4.01. The van der Waals surface area contributed by atoms with Crippen LogP contribution in [0.5, 0.6) is 0 Å². The van der Waals surface area contributed by atoms with E-state index in [1.54, 1.807) is 6.92 Å². The molecule has 1 aromatic rings. The highest BCUT2D eigenvalue weighted by Crippen LogP contribution is 2.16. The third-order valence-electron chi connectivity index (χ3n) is 2.28. The molecule has 0 unspecified atom stereocenters. The number of hydrogen-bond donors (Lipinski definition) is 3. The molecular weight excluding hydrogens is 322 g/mol. The summed E-state index contributed by atoms with van der Waals surface area (Å²) in [4.78, 5) is 42.2. The lowest BCUT2D eigenvalue weighted by atomic mass is 10.3. The normalized spacial score (nSPS) is 9.78. The highest BCUT2D eigenvalue weighted by Gasteiger charge is 2.15. The zero-order chi connectivity index (χ0) is 17.2. The van der Waals surface area contributed by atoms with Crippen LogP contribution in [-0.2, 0) is 9.53 Å². The Balaban J connectivity index is 2.53. The van der Waals surface area contributed by atoms with Gasteiger partial charge in [-0.05, 0) is 6.92 Å². The standard InChI is InChI=1S/C13H17N5O4S/c1-3-5-15-12(21)17-9(19)7-23-13-16-6-8(10(14)18-13)11(20)22-4-2/h3,6H,1,4-5,7H2,2H3,(H2,14,16,18)(H2,15,17,19,21). The van der Waals surface area contributed by atoms with Crippen LogP contribution in [0.2, 0.25) is 0 Å². The average molecular weight is 339 g/mol. The van der Waals surface area contributed by atoms with Crippen molar-refractivity contribution in [3.05, 3.63) is 24.4 Å². The van der Waals surface area contributed by atoms with Crippen LogP contribution in [0.3, 0.4) is 0 Å². The van der Waals surface area contributed by atoms with Crippen molar-refractivity contribution >= 4 is 35.5 Å². The number of carbonyl (C=O) groups is 3. The molecule has 1 heterocycles. The van der Waals surface area contributed by atoms with Crippen LogP contribution in [0.25, 0.3) is 0 Å². The SMILES string of the molecule is C=CCNC(=O)NC(=O)CSc1ncc(C(=O)OCC)c(N)n1. The van der Waals surface area contributed by atoms with Crippen molar-refractivity contribution in [3.63, 3.8) is 0 Å². The van der Waals surface area contributed by atoms with E-state index in [2.05, 4.69) is 27.2 Å². The molecule has 23 heavy (non-hydrogen) atoms. The van der Waals surface area contributed by atoms with Crippen molar-refractivity contribution in [2.24, 2.45) is 0 Å². The van der Waals surface area contributed by atoms with E-state index in [4.69, 9.17) is 10.5 Å². The number of nitrogen functional groups attached to an aromatic ring is 1. The molecule has 0 saturated heterocycles. The van der Waals surface area contributed by atoms with Gasteiger partial charge in [0, 0.05) is 12.7 Å². The molecular formula is C13H17N5O4S. The van der Waals surface area contributed by atoms with Gasteiger partial charge in [0.25, 0.3) is 0 Å². The first-order valence-corrected chi connectivity index (χ1v) is 7.57. The molecule has 0 fully saturated rings. The van der Waals surface area contributed by atoms with Gasteiger partial charge < -0.3 is 15.8 Å². The molecule has 9 nitrogen and oxygen atoms in total. The van der Waals surface area contributed by atoms with Gasteiger partial charge in [-0.2, -0.15) is 0 Å². The summed E-state index contributed by atoms with van der Waals surface area (Å²) in [6.45, 7) is 5.57. The molecule has 3 amide bonds. The number of thioether (sulfide) groups is 1. The summed E-state index contributed by atoms with van der Waals surface area (Å²) < 4.78 is 4.80. The number of rotatable bonds is 7. The summed E-state index contributed by atoms with van der Waals surface area (Å²) >= 11 is 0.976. The van der Waals surface area contributed by atoms with Gasteiger partial charge in [-0.15, -0.1) is 6.58 Å². The van der Waals surface area contributed by atoms with E-state index < -0.39 is 17.9 Å². The molecule has 0 atom stereocenters. The lowest BCUT2D eigenvalue weighted by Crippen LogP contribution is -2.40. The third-order valence-corrected chi connectivity index (χ3v) is 3.15. The summed E-state index contributed by atoms with van der Waals surface area (Å²) in [5, 5.41) is 4.73. The number of aromatic nitrogens is 2. The van der Waals surface area contributed by atoms with E-state index in [1.165, 1.54) is 12.3 Å². The number of hydrogen-bond acceptors (Lipinski definition) is 8. The zero-order valence-corrected chi connectivity index (χ0v) is 13.3. The van der Waals surface area contributed by atoms with Crippen molar-refractivity contribution in [2.75, 3.05) is 24.6 Å². The van der Waals surface area contributed by atoms with Gasteiger partial charge in [0.2, 0.25) is 5.91 Å². The van der Waals surface area contributed by atoms with Crippen molar-refractivity contribution in [2.45, 2.75) is 12.1 Å². The minimum Gasteiger partial charge on any atom is -0.462 e. The number of carbonyl (C=O) groups excluding carboxylic acids is 3. The molecule has 0 aromatic carbocycles. The second kappa shape index (κ2) is 9.41. The van der Waals surface area contributed by atoms with Crippen molar-refractivity contribution in [1.82, 2.24) is 20.6 Å². The number of amides is 3. The van der Waals surface area contributed by atoms with Crippen molar-refractivity contribution in [3.8, 4) is 0 Å². The summed E-state index contributed by atoms with van der Waals surface area (Å²) in [7, 11) is 0. The van der Waals surface area contributed by atoms with Gasteiger partial charge in [-0.3, -0.25) is 10.1 Å². The average Bonchev–Trinajstić information content (AvgIpc) is 2.51. The van der Waals surface area contributed by atoms with Gasteiger partial charge in [0.05, 0.1) is 12.4 Å². The van der Waals surface area contributed by atoms with E-state index >= 15 is 0 Å². The van der Waals surface area contributed by atoms with Crippen LogP contribution in [0.15, 0.2) is 24.0 Å². The van der Waals surface area contributed by atoms with Gasteiger partial charge in [-0.25, -0.2) is 19.6 Å². The first-order chi connectivity index (χ1) is 11.0. The van der Waals surface area contributed by atoms with Crippen LogP contribution in [-0.4, -0.2) is 46.8 Å². The largest absolute Gasteiger partial charge is 0.462 e. The maximum Gasteiger partial charge on any atom is 0.343 e. The quantitative estimate of drug-likeness (QED) is 0.280. The minimum atomic E-state index is -0.617. The highest BCUT2D eigenvalue weighted by atomic mass is 32.2. The van der Waals surface area contributed by atoms with E-state index in [-0.39, 0.29) is 35.4 Å². The molecule has 1 aromatic heterocycles. The van der Waals surface area contributed by atoms with Crippen molar-refractivity contribution < 1.29 is 19.1 Å². The van der Waals surface area contributed by atoms with E-state index in [1.807, 2.05) is 0 Å². The van der Waals surface area contributed by atoms with Gasteiger partial charge in [0.15, 0.2) is 5.16 Å². The fourth-order valence-electron chi connectivity index (χ4n) is 1.32. The lowest BCUT2D eigenvalue weighted by Gasteiger charge is -2.06. The Morgan fingerprint density at radius 1 is 1.48 bits per heavy atom. The predicted octanol–water partition coefficient (Wildman–Crippen LogP) is 0.339. The molecule has 124 valence electrons. The Kier molecular flexibility index (Phi) is 7.54. The lowest BCUT2D eigenvalue weighted by molar-refractivity contribution is -0.117. The zero-order valence-electron chi connectivity index (χ0n) is 12.5. The molecule has 1 rings (SSSR count). The fraction of sp³-hybridized carbons (Fsp3) is 0.308.